The van der Waals surface area contributed by atoms with E-state index >= 15 is 0 Å². The zero-order chi connectivity index (χ0) is 25.1. The van der Waals surface area contributed by atoms with Crippen LogP contribution in [-0.2, 0) is 0 Å². The molecular formula is C22H30Cl2N10. The van der Waals surface area contributed by atoms with Crippen molar-refractivity contribution in [3.05, 3.63) is 58.6 Å². The van der Waals surface area contributed by atoms with Crippen molar-refractivity contribution in [3.8, 4) is 0 Å². The van der Waals surface area contributed by atoms with Crippen molar-refractivity contribution in [3.63, 3.8) is 0 Å². The third kappa shape index (κ3) is 8.13. The average Bonchev–Trinajstić information content (AvgIpc) is 2.76. The van der Waals surface area contributed by atoms with E-state index < -0.39 is 0 Å². The highest BCUT2D eigenvalue weighted by Gasteiger charge is 2.16. The van der Waals surface area contributed by atoms with Gasteiger partial charge in [-0.15, -0.1) is 0 Å². The highest BCUT2D eigenvalue weighted by atomic mass is 35.5. The molecule has 0 aliphatic carbocycles. The summed E-state index contributed by atoms with van der Waals surface area (Å²) in [5.74, 6) is -0.540. The number of unbranched alkanes of at least 4 members (excludes halogenated alkanes) is 3. The van der Waals surface area contributed by atoms with Crippen LogP contribution in [0, 0.1) is 10.8 Å². The first-order chi connectivity index (χ1) is 16.2. The number of halogens is 2. The van der Waals surface area contributed by atoms with Crippen molar-refractivity contribution >= 4 is 58.4 Å². The van der Waals surface area contributed by atoms with Gasteiger partial charge in [-0.3, -0.25) is 10.8 Å². The van der Waals surface area contributed by atoms with E-state index in [-0.39, 0.29) is 23.8 Å². The van der Waals surface area contributed by atoms with Gasteiger partial charge in [-0.1, -0.05) is 60.3 Å². The highest BCUT2D eigenvalue weighted by Crippen LogP contribution is 2.27. The molecular weight excluding hydrogens is 475 g/mol. The number of hydrogen-bond donors (Lipinski definition) is 6. The maximum absolute atomic E-state index is 8.25. The van der Waals surface area contributed by atoms with Gasteiger partial charge in [-0.05, 0) is 37.1 Å². The lowest BCUT2D eigenvalue weighted by atomic mass is 10.1. The number of guanidine groups is 4. The van der Waals surface area contributed by atoms with Crippen molar-refractivity contribution in [2.24, 2.45) is 32.9 Å². The molecule has 0 amide bonds. The van der Waals surface area contributed by atoms with Crippen LogP contribution >= 0.6 is 23.2 Å². The van der Waals surface area contributed by atoms with Gasteiger partial charge in [-0.2, -0.15) is 9.98 Å². The molecule has 0 fully saturated rings. The van der Waals surface area contributed by atoms with Gasteiger partial charge in [0, 0.05) is 13.1 Å². The lowest BCUT2D eigenvalue weighted by Gasteiger charge is -2.25. The Morgan fingerprint density at radius 1 is 0.647 bits per heavy atom. The van der Waals surface area contributed by atoms with Crippen molar-refractivity contribution in [1.29, 1.82) is 10.8 Å². The second-order valence-corrected chi connectivity index (χ2v) is 8.16. The third-order valence-electron chi connectivity index (χ3n) is 4.78. The van der Waals surface area contributed by atoms with Gasteiger partial charge >= 0.3 is 0 Å². The average molecular weight is 505 g/mol. The monoisotopic (exact) mass is 504 g/mol. The van der Waals surface area contributed by atoms with Crippen molar-refractivity contribution in [2.45, 2.75) is 25.7 Å². The van der Waals surface area contributed by atoms with Crippen LogP contribution in [0.15, 0.2) is 58.5 Å². The largest absolute Gasteiger partial charge is 0.370 e. The van der Waals surface area contributed by atoms with Gasteiger partial charge in [0.25, 0.3) is 0 Å². The van der Waals surface area contributed by atoms with Gasteiger partial charge in [0.15, 0.2) is 11.9 Å². The van der Waals surface area contributed by atoms with E-state index in [9.17, 15) is 0 Å². The molecule has 2 aromatic carbocycles. The van der Waals surface area contributed by atoms with Gasteiger partial charge in [0.05, 0.1) is 21.4 Å². The summed E-state index contributed by atoms with van der Waals surface area (Å²) in [6.45, 7) is 1.02. The van der Waals surface area contributed by atoms with Crippen molar-refractivity contribution in [2.75, 3.05) is 22.9 Å². The van der Waals surface area contributed by atoms with Crippen LogP contribution < -0.4 is 32.7 Å². The smallest absolute Gasteiger partial charge is 0.225 e. The molecule has 2 aromatic rings. The van der Waals surface area contributed by atoms with E-state index in [1.54, 1.807) is 21.9 Å². The van der Waals surface area contributed by atoms with Crippen LogP contribution in [-0.4, -0.2) is 36.9 Å². The van der Waals surface area contributed by atoms with Gasteiger partial charge < -0.3 is 32.7 Å². The first-order valence-corrected chi connectivity index (χ1v) is 11.4. The predicted octanol–water partition coefficient (Wildman–Crippen LogP) is 3.28. The number of rotatable bonds is 9. The number of benzene rings is 2. The minimum absolute atomic E-state index is 0.0799. The fourth-order valence-electron chi connectivity index (χ4n) is 3.28. The fourth-order valence-corrected chi connectivity index (χ4v) is 3.76. The Kier molecular flexibility index (Phi) is 10.4. The number of hydrogen-bond acceptors (Lipinski definition) is 2. The van der Waals surface area contributed by atoms with Crippen molar-refractivity contribution < 1.29 is 0 Å². The second kappa shape index (κ2) is 13.3. The summed E-state index contributed by atoms with van der Waals surface area (Å²) in [7, 11) is 0. The number of anilines is 2. The molecule has 0 atom stereocenters. The molecule has 10 nitrogen and oxygen atoms in total. The lowest BCUT2D eigenvalue weighted by Crippen LogP contribution is -2.34. The topological polar surface area (TPSA) is 183 Å². The Labute approximate surface area is 209 Å². The van der Waals surface area contributed by atoms with E-state index in [0.29, 0.717) is 34.5 Å². The van der Waals surface area contributed by atoms with E-state index in [4.69, 9.17) is 57.0 Å². The van der Waals surface area contributed by atoms with Crippen LogP contribution in [0.4, 0.5) is 11.4 Å². The predicted molar refractivity (Wildman–Crippen MR) is 143 cm³/mol. The van der Waals surface area contributed by atoms with E-state index in [1.165, 1.54) is 0 Å². The number of nitrogens with two attached hydrogens (primary N) is 4. The van der Waals surface area contributed by atoms with Crippen LogP contribution in [0.1, 0.15) is 25.7 Å². The summed E-state index contributed by atoms with van der Waals surface area (Å²) in [5, 5.41) is 17.5. The molecule has 0 bridgehead atoms. The first kappa shape index (κ1) is 26.7. The molecule has 10 N–H and O–H groups in total. The number of para-hydroxylation sites is 2. The maximum atomic E-state index is 8.25. The number of nitrogens with one attached hydrogen (secondary N) is 2. The zero-order valence-corrected chi connectivity index (χ0v) is 20.2. The van der Waals surface area contributed by atoms with Crippen LogP contribution in [0.25, 0.3) is 0 Å². The van der Waals surface area contributed by atoms with E-state index in [1.807, 2.05) is 36.4 Å². The first-order valence-electron chi connectivity index (χ1n) is 10.6. The second-order valence-electron chi connectivity index (χ2n) is 7.34. The molecule has 12 heteroatoms. The minimum Gasteiger partial charge on any atom is -0.370 e. The van der Waals surface area contributed by atoms with Crippen LogP contribution in [0.3, 0.4) is 0 Å². The van der Waals surface area contributed by atoms with Crippen molar-refractivity contribution in [1.82, 2.24) is 0 Å². The highest BCUT2D eigenvalue weighted by molar-refractivity contribution is 6.34. The SMILES string of the molecule is N=C(N=C(N)N)N(CCCCCCN(C(=N)N=C(N)N)c1ccccc1Cl)c1ccccc1Cl. The molecule has 0 spiro atoms. The molecule has 34 heavy (non-hydrogen) atoms. The molecule has 0 saturated heterocycles. The molecule has 0 aliphatic rings. The third-order valence-corrected chi connectivity index (χ3v) is 5.42. The molecule has 0 saturated carbocycles. The number of nitrogens with zero attached hydrogens (tertiary/aromatic N) is 4. The summed E-state index contributed by atoms with van der Waals surface area (Å²) in [6.07, 6.45) is 3.26. The van der Waals surface area contributed by atoms with Gasteiger partial charge in [0.2, 0.25) is 11.9 Å². The fraction of sp³-hybridized carbons (Fsp3) is 0.273. The summed E-state index contributed by atoms with van der Waals surface area (Å²) in [4.78, 5) is 11.1. The summed E-state index contributed by atoms with van der Waals surface area (Å²) >= 11 is 12.6. The molecule has 0 heterocycles. The Morgan fingerprint density at radius 3 is 1.32 bits per heavy atom. The summed E-state index contributed by atoms with van der Waals surface area (Å²) in [5.41, 5.74) is 23.1. The Balaban J connectivity index is 1.98. The molecule has 0 radical (unpaired) electrons. The molecule has 2 rings (SSSR count). The van der Waals surface area contributed by atoms with Crippen LogP contribution in [0.2, 0.25) is 10.0 Å². The van der Waals surface area contributed by atoms with Crippen LogP contribution in [0.5, 0.6) is 0 Å². The van der Waals surface area contributed by atoms with E-state index in [0.717, 1.165) is 25.7 Å². The number of aliphatic imine (C=N–C) groups is 2. The maximum Gasteiger partial charge on any atom is 0.225 e. The lowest BCUT2D eigenvalue weighted by molar-refractivity contribution is 0.647. The zero-order valence-electron chi connectivity index (χ0n) is 18.7. The Morgan fingerprint density at radius 2 is 1.00 bits per heavy atom. The summed E-state index contributed by atoms with van der Waals surface area (Å²) in [6, 6.07) is 14.4. The van der Waals surface area contributed by atoms with Gasteiger partial charge in [0.1, 0.15) is 0 Å². The standard InChI is InChI=1S/C22H30Cl2N10/c23-15-9-3-5-11-17(15)33(21(29)31-19(25)26)13-7-1-2-8-14-34(22(30)32-20(27)28)18-12-6-4-10-16(18)24/h3-6,9-12H,1-2,7-8,13-14H2,(H5,25,26,29,31)(H5,27,28,30,32). The molecule has 0 unspecified atom stereocenters. The van der Waals surface area contributed by atoms with E-state index in [2.05, 4.69) is 9.98 Å². The Hall–Kier alpha value is -3.50. The quantitative estimate of drug-likeness (QED) is 0.173. The molecule has 0 aromatic heterocycles. The Bertz CT molecular complexity index is 962. The minimum atomic E-state index is -0.190. The van der Waals surface area contributed by atoms with Gasteiger partial charge in [-0.25, -0.2) is 0 Å². The molecule has 0 aliphatic heterocycles. The summed E-state index contributed by atoms with van der Waals surface area (Å²) < 4.78 is 0. The normalized spacial score (nSPS) is 10.3. The molecule has 182 valence electrons.